The Morgan fingerprint density at radius 2 is 1.84 bits per heavy atom. The fraction of sp³-hybridized carbons (Fsp3) is 0.500. The molecule has 174 valence electrons. The Kier molecular flexibility index (Phi) is 7.12. The topological polar surface area (TPSA) is 49.0 Å². The van der Waals surface area contributed by atoms with Gasteiger partial charge in [0.2, 0.25) is 0 Å². The maximum Gasteiger partial charge on any atom is 0.522 e. The van der Waals surface area contributed by atoms with Crippen LogP contribution in [0.5, 0.6) is 0 Å². The lowest BCUT2D eigenvalue weighted by molar-refractivity contribution is -0.325. The average Bonchev–Trinajstić information content (AvgIpc) is 3.09. The number of alkyl halides is 3. The van der Waals surface area contributed by atoms with Gasteiger partial charge in [-0.15, -0.1) is 13.2 Å². The molecule has 1 fully saturated rings. The van der Waals surface area contributed by atoms with Crippen molar-refractivity contribution in [2.45, 2.75) is 65.3 Å². The van der Waals surface area contributed by atoms with Crippen LogP contribution in [0.15, 0.2) is 35.3 Å². The van der Waals surface area contributed by atoms with Crippen LogP contribution >= 0.6 is 0 Å². The minimum absolute atomic E-state index is 0. The molecule has 1 aliphatic carbocycles. The molecule has 2 heterocycles. The van der Waals surface area contributed by atoms with E-state index in [0.717, 1.165) is 53.7 Å². The number of ether oxygens (including phenoxy) is 1. The number of benzene rings is 1. The molecule has 5 nitrogen and oxygen atoms in total. The number of nitrogens with zero attached hydrogens (tertiary/aromatic N) is 3. The normalized spacial score (nSPS) is 15.2. The number of rotatable bonds is 5. The Bertz CT molecular complexity index is 1120. The van der Waals surface area contributed by atoms with Crippen LogP contribution < -0.4 is 5.56 Å². The van der Waals surface area contributed by atoms with Gasteiger partial charge in [-0.05, 0) is 49.1 Å². The third kappa shape index (κ3) is 5.06. The summed E-state index contributed by atoms with van der Waals surface area (Å²) in [6.07, 6.45) is 2.51. The quantitative estimate of drug-likeness (QED) is 0.485. The Hall–Kier alpha value is -2.61. The second-order valence-corrected chi connectivity index (χ2v) is 8.28. The molecule has 0 atom stereocenters. The lowest BCUT2D eigenvalue weighted by Gasteiger charge is -2.22. The zero-order valence-corrected chi connectivity index (χ0v) is 17.7. The van der Waals surface area contributed by atoms with E-state index in [-0.39, 0.29) is 25.4 Å². The number of halogens is 3. The molecule has 1 aliphatic rings. The second-order valence-electron chi connectivity index (χ2n) is 8.28. The predicted octanol–water partition coefficient (Wildman–Crippen LogP) is 5.93. The number of imidazole rings is 1. The smallest absolute Gasteiger partial charge is 0.325 e. The zero-order chi connectivity index (χ0) is 22.2. The van der Waals surface area contributed by atoms with Crippen LogP contribution in [0.1, 0.15) is 56.8 Å². The molecule has 0 saturated heterocycles. The molecule has 2 aromatic heterocycles. The molecule has 0 spiro atoms. The van der Waals surface area contributed by atoms with E-state index in [1.54, 1.807) is 20.2 Å². The minimum Gasteiger partial charge on any atom is -0.325 e. The molecule has 0 N–H and O–H groups in total. The van der Waals surface area contributed by atoms with E-state index in [2.05, 4.69) is 4.74 Å². The van der Waals surface area contributed by atoms with Crippen LogP contribution in [-0.2, 0) is 18.3 Å². The summed E-state index contributed by atoms with van der Waals surface area (Å²) in [6.45, 7) is 1.39. The number of aromatic nitrogens is 3. The van der Waals surface area contributed by atoms with Crippen molar-refractivity contribution in [3.05, 3.63) is 52.2 Å². The molecule has 32 heavy (non-hydrogen) atoms. The highest BCUT2D eigenvalue weighted by Gasteiger charge is 2.29. The first-order valence-corrected chi connectivity index (χ1v) is 10.6. The average molecular weight is 450 g/mol. The summed E-state index contributed by atoms with van der Waals surface area (Å²) < 4.78 is 45.2. The Balaban J connectivity index is 0.00000289. The van der Waals surface area contributed by atoms with Crippen LogP contribution in [0.3, 0.4) is 0 Å². The third-order valence-electron chi connectivity index (χ3n) is 6.02. The highest BCUT2D eigenvalue weighted by molar-refractivity contribution is 5.82. The molecule has 0 bridgehead atoms. The number of fused-ring (bicyclic) bond motifs is 1. The maximum atomic E-state index is 12.6. The van der Waals surface area contributed by atoms with Gasteiger partial charge in [0.1, 0.15) is 5.82 Å². The lowest BCUT2D eigenvalue weighted by Crippen LogP contribution is -2.19. The van der Waals surface area contributed by atoms with Crippen LogP contribution in [0, 0.1) is 6.92 Å². The van der Waals surface area contributed by atoms with E-state index in [0.29, 0.717) is 5.56 Å². The fourth-order valence-corrected chi connectivity index (χ4v) is 4.52. The summed E-state index contributed by atoms with van der Waals surface area (Å²) in [5, 5.41) is 0. The summed E-state index contributed by atoms with van der Waals surface area (Å²) in [6, 6.07) is 7.62. The lowest BCUT2D eigenvalue weighted by atomic mass is 9.88. The number of hydrogen-bond donors (Lipinski definition) is 0. The zero-order valence-electron chi connectivity index (χ0n) is 17.7. The summed E-state index contributed by atoms with van der Waals surface area (Å²) >= 11 is 0. The summed E-state index contributed by atoms with van der Waals surface area (Å²) in [7, 11) is 1.71. The number of pyridine rings is 1. The van der Waals surface area contributed by atoms with Crippen LogP contribution in [0.4, 0.5) is 13.2 Å². The van der Waals surface area contributed by atoms with E-state index in [1.807, 2.05) is 28.8 Å². The Morgan fingerprint density at radius 3 is 2.50 bits per heavy atom. The van der Waals surface area contributed by atoms with E-state index in [1.165, 1.54) is 11.0 Å². The first-order valence-electron chi connectivity index (χ1n) is 10.6. The van der Waals surface area contributed by atoms with Crippen molar-refractivity contribution in [2.75, 3.05) is 6.61 Å². The standard InChI is InChI=1S/C23H26F3N3O2.CH4/c1-15-12-18(14-28(2)22(15)30)17-8-9-19-20(13-17)29(10-11-31-23(24,25)26)21(27-19)16-6-4-3-5-7-16;/h8-9,12-14,16H,3-7,10-11H2,1-2H3;1H4. The van der Waals surface area contributed by atoms with Crippen molar-refractivity contribution >= 4 is 11.0 Å². The Labute approximate surface area is 185 Å². The minimum atomic E-state index is -4.65. The molecular formula is C24H30F3N3O2. The summed E-state index contributed by atoms with van der Waals surface area (Å²) in [5.74, 6) is 1.09. The van der Waals surface area contributed by atoms with Crippen LogP contribution in [0.2, 0.25) is 0 Å². The van der Waals surface area contributed by atoms with Gasteiger partial charge in [-0.2, -0.15) is 0 Å². The molecule has 0 aliphatic heterocycles. The van der Waals surface area contributed by atoms with Crippen LogP contribution in [0.25, 0.3) is 22.2 Å². The second kappa shape index (κ2) is 9.48. The monoisotopic (exact) mass is 449 g/mol. The van der Waals surface area contributed by atoms with Gasteiger partial charge in [-0.1, -0.05) is 32.8 Å². The largest absolute Gasteiger partial charge is 0.522 e. The molecule has 3 aromatic rings. The van der Waals surface area contributed by atoms with E-state index < -0.39 is 13.0 Å². The van der Waals surface area contributed by atoms with Gasteiger partial charge < -0.3 is 9.13 Å². The number of hydrogen-bond acceptors (Lipinski definition) is 3. The van der Waals surface area contributed by atoms with Gasteiger partial charge in [0.05, 0.1) is 17.6 Å². The predicted molar refractivity (Wildman–Crippen MR) is 120 cm³/mol. The van der Waals surface area contributed by atoms with Gasteiger partial charge in [-0.3, -0.25) is 9.53 Å². The van der Waals surface area contributed by atoms with E-state index in [9.17, 15) is 18.0 Å². The molecule has 0 amide bonds. The highest BCUT2D eigenvalue weighted by Crippen LogP contribution is 2.35. The SMILES string of the molecule is C.Cc1cc(-c2ccc3nc(C4CCCCC4)n(CCOC(F)(F)F)c3c2)cn(C)c1=O. The van der Waals surface area contributed by atoms with Gasteiger partial charge in [0, 0.05) is 31.3 Å². The number of aryl methyl sites for hydroxylation is 2. The molecule has 1 saturated carbocycles. The van der Waals surface area contributed by atoms with Crippen LogP contribution in [-0.4, -0.2) is 27.1 Å². The van der Waals surface area contributed by atoms with E-state index in [4.69, 9.17) is 4.98 Å². The summed E-state index contributed by atoms with van der Waals surface area (Å²) in [4.78, 5) is 16.8. The van der Waals surface area contributed by atoms with Gasteiger partial charge >= 0.3 is 6.36 Å². The highest BCUT2D eigenvalue weighted by atomic mass is 19.4. The molecule has 8 heteroatoms. The molecule has 0 radical (unpaired) electrons. The fourth-order valence-electron chi connectivity index (χ4n) is 4.52. The maximum absolute atomic E-state index is 12.6. The Morgan fingerprint density at radius 1 is 1.12 bits per heavy atom. The molecular weight excluding hydrogens is 419 g/mol. The van der Waals surface area contributed by atoms with E-state index >= 15 is 0 Å². The molecule has 0 unspecified atom stereocenters. The van der Waals surface area contributed by atoms with Crippen molar-refractivity contribution in [3.8, 4) is 11.1 Å². The van der Waals surface area contributed by atoms with Crippen molar-refractivity contribution < 1.29 is 17.9 Å². The van der Waals surface area contributed by atoms with Gasteiger partial charge in [-0.25, -0.2) is 4.98 Å². The van der Waals surface area contributed by atoms with Crippen molar-refractivity contribution in [3.63, 3.8) is 0 Å². The molecule has 4 rings (SSSR count). The van der Waals surface area contributed by atoms with Gasteiger partial charge in [0.25, 0.3) is 5.56 Å². The van der Waals surface area contributed by atoms with Crippen molar-refractivity contribution in [1.29, 1.82) is 0 Å². The third-order valence-corrected chi connectivity index (χ3v) is 6.02. The first-order chi connectivity index (χ1) is 14.7. The van der Waals surface area contributed by atoms with Gasteiger partial charge in [0.15, 0.2) is 0 Å². The first kappa shape index (κ1) is 24.0. The van der Waals surface area contributed by atoms with Crippen molar-refractivity contribution in [1.82, 2.24) is 14.1 Å². The molecule has 1 aromatic carbocycles. The summed E-state index contributed by atoms with van der Waals surface area (Å²) in [5.41, 5.74) is 3.89. The van der Waals surface area contributed by atoms with Crippen molar-refractivity contribution in [2.24, 2.45) is 7.05 Å².